The van der Waals surface area contributed by atoms with Crippen molar-refractivity contribution in [1.29, 1.82) is 0 Å². The van der Waals surface area contributed by atoms with E-state index >= 15 is 0 Å². The van der Waals surface area contributed by atoms with Crippen LogP contribution >= 0.6 is 12.4 Å². The summed E-state index contributed by atoms with van der Waals surface area (Å²) in [4.78, 5) is 12.1. The van der Waals surface area contributed by atoms with Gasteiger partial charge >= 0.3 is 6.18 Å². The number of halogens is 4. The third kappa shape index (κ3) is 6.66. The molecule has 1 unspecified atom stereocenters. The van der Waals surface area contributed by atoms with E-state index in [2.05, 4.69) is 10.6 Å². The Balaban J connectivity index is 0.00000264. The van der Waals surface area contributed by atoms with Gasteiger partial charge < -0.3 is 15.4 Å². The molecule has 1 fully saturated rings. The maximum absolute atomic E-state index is 12.2. The van der Waals surface area contributed by atoms with Crippen molar-refractivity contribution in [3.63, 3.8) is 0 Å². The second-order valence-electron chi connectivity index (χ2n) is 5.26. The van der Waals surface area contributed by atoms with Crippen LogP contribution in [0.15, 0.2) is 24.3 Å². The zero-order valence-electron chi connectivity index (χ0n) is 12.5. The van der Waals surface area contributed by atoms with Crippen LogP contribution in [0, 0.1) is 0 Å². The van der Waals surface area contributed by atoms with Gasteiger partial charge in [0.15, 0.2) is 6.61 Å². The van der Waals surface area contributed by atoms with Gasteiger partial charge in [-0.1, -0.05) is 18.6 Å². The van der Waals surface area contributed by atoms with Gasteiger partial charge in [0, 0.05) is 12.6 Å². The topological polar surface area (TPSA) is 50.4 Å². The number of ether oxygens (including phenoxy) is 1. The van der Waals surface area contributed by atoms with Crippen LogP contribution in [-0.4, -0.2) is 37.8 Å². The molecule has 130 valence electrons. The van der Waals surface area contributed by atoms with Gasteiger partial charge in [0.05, 0.1) is 5.56 Å². The molecular formula is C15H20ClF3N2O2. The molecule has 0 aromatic heterocycles. The summed E-state index contributed by atoms with van der Waals surface area (Å²) in [5, 5.41) is 6.03. The van der Waals surface area contributed by atoms with Gasteiger partial charge in [-0.05, 0) is 31.5 Å². The molecule has 1 atom stereocenters. The molecule has 1 amide bonds. The molecule has 1 aromatic carbocycles. The molecule has 0 spiro atoms. The molecule has 2 rings (SSSR count). The number of amides is 1. The largest absolute Gasteiger partial charge is 0.483 e. The summed E-state index contributed by atoms with van der Waals surface area (Å²) in [6, 6.07) is 6.15. The average Bonchev–Trinajstić information content (AvgIpc) is 2.51. The molecular weight excluding hydrogens is 333 g/mol. The Morgan fingerprint density at radius 1 is 1.30 bits per heavy atom. The first-order valence-electron chi connectivity index (χ1n) is 7.26. The number of alkyl halides is 3. The molecule has 1 aliphatic rings. The molecule has 0 aliphatic carbocycles. The molecule has 0 radical (unpaired) electrons. The van der Waals surface area contributed by atoms with Crippen molar-refractivity contribution in [2.75, 3.05) is 19.7 Å². The first kappa shape index (κ1) is 19.6. The maximum atomic E-state index is 12.2. The number of carbonyl (C=O) groups is 1. The number of nitrogens with one attached hydrogen (secondary N) is 2. The fraction of sp³-hybridized carbons (Fsp3) is 0.533. The lowest BCUT2D eigenvalue weighted by molar-refractivity contribution is -0.153. The Morgan fingerprint density at radius 2 is 2.04 bits per heavy atom. The van der Waals surface area contributed by atoms with Crippen LogP contribution in [0.1, 0.15) is 29.6 Å². The van der Waals surface area contributed by atoms with Crippen molar-refractivity contribution in [3.8, 4) is 5.75 Å². The summed E-state index contributed by atoms with van der Waals surface area (Å²) < 4.78 is 41.4. The summed E-state index contributed by atoms with van der Waals surface area (Å²) in [6.07, 6.45) is -1.22. The Morgan fingerprint density at radius 3 is 2.70 bits per heavy atom. The second-order valence-corrected chi connectivity index (χ2v) is 5.26. The van der Waals surface area contributed by atoms with E-state index in [0.717, 1.165) is 25.8 Å². The Kier molecular flexibility index (Phi) is 7.64. The normalized spacial score (nSPS) is 18.0. The van der Waals surface area contributed by atoms with Crippen molar-refractivity contribution < 1.29 is 22.7 Å². The van der Waals surface area contributed by atoms with E-state index < -0.39 is 18.7 Å². The fourth-order valence-corrected chi connectivity index (χ4v) is 2.35. The quantitative estimate of drug-likeness (QED) is 0.856. The zero-order valence-corrected chi connectivity index (χ0v) is 13.3. The van der Waals surface area contributed by atoms with E-state index in [1.54, 1.807) is 6.07 Å². The highest BCUT2D eigenvalue weighted by molar-refractivity contribution is 5.96. The standard InChI is InChI=1S/C15H19F3N2O2.ClH/c16-15(17,18)10-22-13-7-2-1-6-12(13)14(21)20-9-11-5-3-4-8-19-11;/h1-2,6-7,11,19H,3-5,8-10H2,(H,20,21);1H. The summed E-state index contributed by atoms with van der Waals surface area (Å²) in [5.41, 5.74) is 0.113. The lowest BCUT2D eigenvalue weighted by Crippen LogP contribution is -2.43. The molecule has 1 aliphatic heterocycles. The number of piperidine rings is 1. The summed E-state index contributed by atoms with van der Waals surface area (Å²) >= 11 is 0. The highest BCUT2D eigenvalue weighted by Crippen LogP contribution is 2.22. The highest BCUT2D eigenvalue weighted by Gasteiger charge is 2.29. The molecule has 1 heterocycles. The van der Waals surface area contributed by atoms with Gasteiger partial charge in [-0.15, -0.1) is 12.4 Å². The van der Waals surface area contributed by atoms with Gasteiger partial charge in [-0.25, -0.2) is 0 Å². The number of benzene rings is 1. The van der Waals surface area contributed by atoms with Crippen LogP contribution in [0.25, 0.3) is 0 Å². The van der Waals surface area contributed by atoms with Gasteiger partial charge in [-0.3, -0.25) is 4.79 Å². The lowest BCUT2D eigenvalue weighted by atomic mass is 10.0. The van der Waals surface area contributed by atoms with E-state index in [9.17, 15) is 18.0 Å². The minimum atomic E-state index is -4.43. The number of hydrogen-bond donors (Lipinski definition) is 2. The molecule has 0 saturated carbocycles. The molecule has 1 saturated heterocycles. The third-order valence-electron chi connectivity index (χ3n) is 3.44. The summed E-state index contributed by atoms with van der Waals surface area (Å²) in [7, 11) is 0. The number of rotatable bonds is 5. The summed E-state index contributed by atoms with van der Waals surface area (Å²) in [5.74, 6) is -0.487. The average molecular weight is 353 g/mol. The van der Waals surface area contributed by atoms with Gasteiger partial charge in [0.1, 0.15) is 5.75 Å². The Labute approximate surface area is 139 Å². The fourth-order valence-electron chi connectivity index (χ4n) is 2.35. The minimum Gasteiger partial charge on any atom is -0.483 e. The second kappa shape index (κ2) is 8.98. The SMILES string of the molecule is Cl.O=C(NCC1CCCCN1)c1ccccc1OCC(F)(F)F. The van der Waals surface area contributed by atoms with Crippen LogP contribution in [0.4, 0.5) is 13.2 Å². The lowest BCUT2D eigenvalue weighted by Gasteiger charge is -2.23. The van der Waals surface area contributed by atoms with E-state index in [4.69, 9.17) is 4.74 Å². The van der Waals surface area contributed by atoms with Crippen molar-refractivity contribution in [1.82, 2.24) is 10.6 Å². The predicted molar refractivity (Wildman–Crippen MR) is 83.2 cm³/mol. The Hall–Kier alpha value is -1.47. The third-order valence-corrected chi connectivity index (χ3v) is 3.44. The minimum absolute atomic E-state index is 0. The smallest absolute Gasteiger partial charge is 0.422 e. The van der Waals surface area contributed by atoms with Crippen LogP contribution in [0.3, 0.4) is 0 Å². The van der Waals surface area contributed by atoms with Gasteiger partial charge in [0.2, 0.25) is 0 Å². The van der Waals surface area contributed by atoms with Crippen molar-refractivity contribution in [3.05, 3.63) is 29.8 Å². The van der Waals surface area contributed by atoms with Crippen molar-refractivity contribution >= 4 is 18.3 Å². The van der Waals surface area contributed by atoms with Crippen LogP contribution in [-0.2, 0) is 0 Å². The molecule has 2 N–H and O–H groups in total. The van der Waals surface area contributed by atoms with Crippen molar-refractivity contribution in [2.24, 2.45) is 0 Å². The molecule has 23 heavy (non-hydrogen) atoms. The number of hydrogen-bond acceptors (Lipinski definition) is 3. The monoisotopic (exact) mass is 352 g/mol. The first-order valence-corrected chi connectivity index (χ1v) is 7.26. The highest BCUT2D eigenvalue weighted by atomic mass is 35.5. The van der Waals surface area contributed by atoms with E-state index in [1.807, 2.05) is 0 Å². The van der Waals surface area contributed by atoms with Crippen molar-refractivity contribution in [2.45, 2.75) is 31.5 Å². The van der Waals surface area contributed by atoms with Gasteiger partial charge in [-0.2, -0.15) is 13.2 Å². The van der Waals surface area contributed by atoms with Crippen LogP contribution in [0.5, 0.6) is 5.75 Å². The number of carbonyl (C=O) groups excluding carboxylic acids is 1. The molecule has 4 nitrogen and oxygen atoms in total. The molecule has 1 aromatic rings. The van der Waals surface area contributed by atoms with Crippen LogP contribution in [0.2, 0.25) is 0 Å². The van der Waals surface area contributed by atoms with E-state index in [0.29, 0.717) is 6.54 Å². The van der Waals surface area contributed by atoms with Gasteiger partial charge in [0.25, 0.3) is 5.91 Å². The van der Waals surface area contributed by atoms with E-state index in [-0.39, 0.29) is 29.8 Å². The maximum Gasteiger partial charge on any atom is 0.422 e. The van der Waals surface area contributed by atoms with E-state index in [1.165, 1.54) is 18.2 Å². The molecule has 8 heteroatoms. The van der Waals surface area contributed by atoms with Crippen LogP contribution < -0.4 is 15.4 Å². The molecule has 0 bridgehead atoms. The zero-order chi connectivity index (χ0) is 16.0. The first-order chi connectivity index (χ1) is 10.5. The Bertz CT molecular complexity index is 506. The predicted octanol–water partition coefficient (Wildman–Crippen LogP) is 2.92. The number of para-hydroxylation sites is 1. The summed E-state index contributed by atoms with van der Waals surface area (Å²) in [6.45, 7) is -0.0419.